The minimum absolute atomic E-state index is 0.327. The molecule has 3 aromatic carbocycles. The number of benzene rings is 3. The fourth-order valence-electron chi connectivity index (χ4n) is 3.66. The number of nitrogens with zero attached hydrogens (tertiary/aromatic N) is 1. The van der Waals surface area contributed by atoms with Gasteiger partial charge in [0, 0.05) is 32.2 Å². The Bertz CT molecular complexity index is 1250. The summed E-state index contributed by atoms with van der Waals surface area (Å²) in [5, 5.41) is 2.15. The first-order valence-corrected chi connectivity index (χ1v) is 9.33. The van der Waals surface area contributed by atoms with Crippen molar-refractivity contribution in [3.8, 4) is 16.9 Å². The van der Waals surface area contributed by atoms with Crippen molar-refractivity contribution in [2.24, 2.45) is 0 Å². The molecule has 1 aromatic heterocycles. The lowest BCUT2D eigenvalue weighted by molar-refractivity contribution is 0.0601. The van der Waals surface area contributed by atoms with E-state index in [1.165, 1.54) is 7.11 Å². The Morgan fingerprint density at radius 2 is 1.85 bits per heavy atom. The molecule has 0 spiro atoms. The number of hydrogen-bond donors (Lipinski definition) is 0. The van der Waals surface area contributed by atoms with E-state index in [1.54, 1.807) is 18.9 Å². The standard InChI is InChI=1S/C22H15NO3S/c1-25-12-9-10-13-17(11-12)23-16-7-3-5-14-19-15(22(24)26-2)6-4-8-18(19)27-21(13)20(14)16/h3-11H,1-2H3. The van der Waals surface area contributed by atoms with E-state index in [-0.39, 0.29) is 5.97 Å². The van der Waals surface area contributed by atoms with Gasteiger partial charge in [-0.3, -0.25) is 0 Å². The van der Waals surface area contributed by atoms with Crippen molar-refractivity contribution in [1.82, 2.24) is 4.98 Å². The molecule has 0 amide bonds. The van der Waals surface area contributed by atoms with E-state index in [9.17, 15) is 4.79 Å². The normalized spacial score (nSPS) is 12.1. The molecule has 0 fully saturated rings. The molecule has 0 atom stereocenters. The van der Waals surface area contributed by atoms with E-state index in [2.05, 4.69) is 6.07 Å². The summed E-state index contributed by atoms with van der Waals surface area (Å²) in [6.45, 7) is 0. The quantitative estimate of drug-likeness (QED) is 0.310. The van der Waals surface area contributed by atoms with Crippen molar-refractivity contribution in [2.75, 3.05) is 14.2 Å². The van der Waals surface area contributed by atoms with Gasteiger partial charge in [-0.15, -0.1) is 0 Å². The maximum absolute atomic E-state index is 12.3. The van der Waals surface area contributed by atoms with Crippen LogP contribution in [0.15, 0.2) is 64.4 Å². The molecule has 0 radical (unpaired) electrons. The lowest BCUT2D eigenvalue weighted by atomic mass is 9.94. The summed E-state index contributed by atoms with van der Waals surface area (Å²) < 4.78 is 10.4. The minimum Gasteiger partial charge on any atom is -0.497 e. The van der Waals surface area contributed by atoms with Gasteiger partial charge in [0.2, 0.25) is 0 Å². The number of fused-ring (bicyclic) bond motifs is 4. The van der Waals surface area contributed by atoms with Crippen molar-refractivity contribution in [3.63, 3.8) is 0 Å². The molecule has 27 heavy (non-hydrogen) atoms. The highest BCUT2D eigenvalue weighted by atomic mass is 32.2. The highest BCUT2D eigenvalue weighted by molar-refractivity contribution is 8.00. The molecule has 4 aromatic rings. The van der Waals surface area contributed by atoms with Gasteiger partial charge in [-0.2, -0.15) is 0 Å². The lowest BCUT2D eigenvalue weighted by Crippen LogP contribution is -2.06. The van der Waals surface area contributed by atoms with Crippen LogP contribution in [0.3, 0.4) is 0 Å². The van der Waals surface area contributed by atoms with Crippen molar-refractivity contribution >= 4 is 39.5 Å². The Kier molecular flexibility index (Phi) is 3.58. The molecule has 0 bridgehead atoms. The Morgan fingerprint density at radius 1 is 1.00 bits per heavy atom. The second-order valence-corrected chi connectivity index (χ2v) is 7.35. The number of carbonyl (C=O) groups excluding carboxylic acids is 1. The van der Waals surface area contributed by atoms with Gasteiger partial charge in [-0.1, -0.05) is 30.0 Å². The summed E-state index contributed by atoms with van der Waals surface area (Å²) in [7, 11) is 3.07. The Morgan fingerprint density at radius 3 is 2.67 bits per heavy atom. The average molecular weight is 373 g/mol. The number of rotatable bonds is 2. The van der Waals surface area contributed by atoms with E-state index < -0.39 is 0 Å². The van der Waals surface area contributed by atoms with Gasteiger partial charge in [-0.05, 0) is 35.9 Å². The molecule has 0 aliphatic carbocycles. The highest BCUT2D eigenvalue weighted by Crippen LogP contribution is 2.51. The van der Waals surface area contributed by atoms with Crippen molar-refractivity contribution in [1.29, 1.82) is 0 Å². The molecule has 0 saturated heterocycles. The van der Waals surface area contributed by atoms with Gasteiger partial charge >= 0.3 is 5.97 Å². The number of methoxy groups -OCH3 is 2. The van der Waals surface area contributed by atoms with E-state index in [1.807, 2.05) is 48.5 Å². The minimum atomic E-state index is -0.327. The maximum atomic E-state index is 12.3. The molecule has 132 valence electrons. The number of hydrogen-bond acceptors (Lipinski definition) is 5. The van der Waals surface area contributed by atoms with Crippen LogP contribution < -0.4 is 4.74 Å². The molecule has 4 nitrogen and oxygen atoms in total. The molecule has 0 unspecified atom stereocenters. The summed E-state index contributed by atoms with van der Waals surface area (Å²) in [5.74, 6) is 0.457. The zero-order chi connectivity index (χ0) is 18.5. The summed E-state index contributed by atoms with van der Waals surface area (Å²) in [5.41, 5.74) is 4.32. The van der Waals surface area contributed by atoms with Crippen molar-refractivity contribution in [3.05, 3.63) is 60.2 Å². The highest BCUT2D eigenvalue weighted by Gasteiger charge is 2.26. The van der Waals surface area contributed by atoms with E-state index in [4.69, 9.17) is 14.5 Å². The van der Waals surface area contributed by atoms with Crippen LogP contribution in [0.25, 0.3) is 32.9 Å². The number of ether oxygens (including phenoxy) is 2. The first-order valence-electron chi connectivity index (χ1n) is 8.51. The van der Waals surface area contributed by atoms with Gasteiger partial charge in [0.05, 0.1) is 30.8 Å². The fourth-order valence-corrected chi connectivity index (χ4v) is 4.95. The summed E-state index contributed by atoms with van der Waals surface area (Å²) in [6, 6.07) is 17.8. The van der Waals surface area contributed by atoms with Gasteiger partial charge in [0.15, 0.2) is 0 Å². The first kappa shape index (κ1) is 16.1. The van der Waals surface area contributed by atoms with Gasteiger partial charge in [-0.25, -0.2) is 9.78 Å². The van der Waals surface area contributed by atoms with Crippen LogP contribution >= 0.6 is 11.8 Å². The molecule has 1 aliphatic rings. The molecular formula is C22H15NO3S. The van der Waals surface area contributed by atoms with Crippen molar-refractivity contribution < 1.29 is 14.3 Å². The smallest absolute Gasteiger partial charge is 0.338 e. The van der Waals surface area contributed by atoms with E-state index in [0.29, 0.717) is 5.56 Å². The zero-order valence-electron chi connectivity index (χ0n) is 14.8. The predicted octanol–water partition coefficient (Wildman–Crippen LogP) is 5.31. The zero-order valence-corrected chi connectivity index (χ0v) is 15.6. The fraction of sp³-hybridized carbons (Fsp3) is 0.0909. The molecule has 5 rings (SSSR count). The third-order valence-electron chi connectivity index (χ3n) is 4.87. The van der Waals surface area contributed by atoms with Crippen LogP contribution in [-0.4, -0.2) is 25.2 Å². The van der Waals surface area contributed by atoms with Crippen molar-refractivity contribution in [2.45, 2.75) is 9.79 Å². The monoisotopic (exact) mass is 373 g/mol. The first-order chi connectivity index (χ1) is 13.2. The maximum Gasteiger partial charge on any atom is 0.338 e. The number of carbonyl (C=O) groups is 1. The van der Waals surface area contributed by atoms with Crippen LogP contribution in [0.2, 0.25) is 0 Å². The SMILES string of the molecule is COC(=O)c1cccc2c1-c1cccc3nc4cc(OC)ccc4c(c13)S2. The van der Waals surface area contributed by atoms with Crippen LogP contribution in [0.1, 0.15) is 10.4 Å². The summed E-state index contributed by atoms with van der Waals surface area (Å²) >= 11 is 1.67. The van der Waals surface area contributed by atoms with Gasteiger partial charge < -0.3 is 9.47 Å². The molecule has 0 N–H and O–H groups in total. The van der Waals surface area contributed by atoms with E-state index in [0.717, 1.165) is 48.5 Å². The van der Waals surface area contributed by atoms with Gasteiger partial charge in [0.25, 0.3) is 0 Å². The van der Waals surface area contributed by atoms with Crippen LogP contribution in [0.4, 0.5) is 0 Å². The molecule has 2 heterocycles. The second-order valence-electron chi connectivity index (χ2n) is 6.30. The Labute approximate surface area is 160 Å². The summed E-state index contributed by atoms with van der Waals surface area (Å²) in [6.07, 6.45) is 0. The Hall–Kier alpha value is -3.05. The second kappa shape index (κ2) is 5.99. The van der Waals surface area contributed by atoms with Crippen LogP contribution in [0, 0.1) is 0 Å². The average Bonchev–Trinajstić information content (AvgIpc) is 2.72. The van der Waals surface area contributed by atoms with E-state index >= 15 is 0 Å². The Balaban J connectivity index is 1.91. The summed E-state index contributed by atoms with van der Waals surface area (Å²) in [4.78, 5) is 19.4. The topological polar surface area (TPSA) is 48.4 Å². The lowest BCUT2D eigenvalue weighted by Gasteiger charge is -2.23. The number of esters is 1. The molecular weight excluding hydrogens is 358 g/mol. The molecule has 5 heteroatoms. The molecule has 1 aliphatic heterocycles. The largest absolute Gasteiger partial charge is 0.497 e. The van der Waals surface area contributed by atoms with Crippen LogP contribution in [0.5, 0.6) is 5.75 Å². The van der Waals surface area contributed by atoms with Crippen LogP contribution in [-0.2, 0) is 4.74 Å². The third-order valence-corrected chi connectivity index (χ3v) is 6.06. The number of pyridine rings is 1. The molecule has 0 saturated carbocycles. The third kappa shape index (κ3) is 2.32. The number of aromatic nitrogens is 1. The predicted molar refractivity (Wildman–Crippen MR) is 107 cm³/mol. The van der Waals surface area contributed by atoms with Gasteiger partial charge in [0.1, 0.15) is 5.75 Å².